The van der Waals surface area contributed by atoms with E-state index in [4.69, 9.17) is 0 Å². The number of piperidine rings is 1. The lowest BCUT2D eigenvalue weighted by Gasteiger charge is -2.56. The molecule has 4 nitrogen and oxygen atoms in total. The summed E-state index contributed by atoms with van der Waals surface area (Å²) in [6.45, 7) is 9.68. The first-order chi connectivity index (χ1) is 11.5. The monoisotopic (exact) mass is 327 g/mol. The molecule has 0 N–H and O–H groups in total. The fourth-order valence-corrected chi connectivity index (χ4v) is 4.88. The maximum absolute atomic E-state index is 13.0. The highest BCUT2D eigenvalue weighted by atomic mass is 16.2. The largest absolute Gasteiger partial charge is 0.371 e. The Balaban J connectivity index is 1.38. The van der Waals surface area contributed by atoms with E-state index in [2.05, 4.69) is 41.6 Å². The first kappa shape index (κ1) is 15.9. The predicted octanol–water partition coefficient (Wildman–Crippen LogP) is 3.25. The fraction of sp³-hybridized carbons (Fsp3) is 0.700. The third-order valence-electron chi connectivity index (χ3n) is 6.24. The molecule has 1 atom stereocenters. The normalized spacial score (nSPS) is 27.0. The van der Waals surface area contributed by atoms with Gasteiger partial charge in [0.2, 0.25) is 5.91 Å². The number of anilines is 1. The smallest absolute Gasteiger partial charge is 0.226 e. The van der Waals surface area contributed by atoms with Crippen LogP contribution in [0.1, 0.15) is 45.1 Å². The summed E-state index contributed by atoms with van der Waals surface area (Å²) in [5, 5.41) is 0. The quantitative estimate of drug-likeness (QED) is 0.855. The molecule has 1 saturated carbocycles. The molecule has 0 spiro atoms. The van der Waals surface area contributed by atoms with Crippen molar-refractivity contribution in [2.75, 3.05) is 24.5 Å². The lowest BCUT2D eigenvalue weighted by Crippen LogP contribution is -2.66. The number of likely N-dealkylation sites (tertiary alicyclic amines) is 1. The molecule has 130 valence electrons. The molecule has 0 radical (unpaired) electrons. The molecule has 2 saturated heterocycles. The van der Waals surface area contributed by atoms with Crippen molar-refractivity contribution in [3.8, 4) is 0 Å². The van der Waals surface area contributed by atoms with Crippen LogP contribution in [0.4, 0.5) is 5.69 Å². The van der Waals surface area contributed by atoms with Crippen LogP contribution in [-0.4, -0.2) is 41.5 Å². The van der Waals surface area contributed by atoms with Crippen molar-refractivity contribution in [1.29, 1.82) is 0 Å². The van der Waals surface area contributed by atoms with Gasteiger partial charge in [-0.15, -0.1) is 0 Å². The molecule has 4 rings (SSSR count). The van der Waals surface area contributed by atoms with Gasteiger partial charge in [0.15, 0.2) is 0 Å². The molecule has 0 aromatic carbocycles. The standard InChI is InChI=1S/C20H29N3O/c1-14-12-21-9-6-17(14)22-10-7-16(8-11-22)19(24)23-13-20(2,3)18(23)15-4-5-15/h6,9,12,15-16,18H,4-5,7-8,10-11,13H2,1-3H3. The summed E-state index contributed by atoms with van der Waals surface area (Å²) in [6, 6.07) is 2.60. The van der Waals surface area contributed by atoms with Gasteiger partial charge in [-0.25, -0.2) is 0 Å². The van der Waals surface area contributed by atoms with E-state index in [0.29, 0.717) is 17.4 Å². The zero-order valence-corrected chi connectivity index (χ0v) is 15.2. The van der Waals surface area contributed by atoms with Crippen molar-refractivity contribution in [1.82, 2.24) is 9.88 Å². The Morgan fingerprint density at radius 2 is 1.92 bits per heavy atom. The Labute approximate surface area is 145 Å². The van der Waals surface area contributed by atoms with E-state index >= 15 is 0 Å². The zero-order chi connectivity index (χ0) is 16.9. The number of aryl methyl sites for hydroxylation is 1. The van der Waals surface area contributed by atoms with Gasteiger partial charge >= 0.3 is 0 Å². The Kier molecular flexibility index (Phi) is 3.81. The number of pyridine rings is 1. The van der Waals surface area contributed by atoms with Gasteiger partial charge < -0.3 is 9.80 Å². The fourth-order valence-electron chi connectivity index (χ4n) is 4.88. The molecule has 1 aromatic rings. The minimum absolute atomic E-state index is 0.223. The average molecular weight is 327 g/mol. The topological polar surface area (TPSA) is 36.4 Å². The van der Waals surface area contributed by atoms with Crippen molar-refractivity contribution in [2.24, 2.45) is 17.3 Å². The second-order valence-electron chi connectivity index (χ2n) is 8.66. The molecular weight excluding hydrogens is 298 g/mol. The van der Waals surface area contributed by atoms with Crippen LogP contribution in [0.2, 0.25) is 0 Å². The SMILES string of the molecule is Cc1cnccc1N1CCC(C(=O)N2CC(C)(C)C2C2CC2)CC1. The molecule has 3 aliphatic rings. The summed E-state index contributed by atoms with van der Waals surface area (Å²) >= 11 is 0. The minimum atomic E-state index is 0.223. The van der Waals surface area contributed by atoms with Crippen LogP contribution in [0.15, 0.2) is 18.5 Å². The van der Waals surface area contributed by atoms with E-state index in [1.54, 1.807) is 0 Å². The molecule has 3 heterocycles. The summed E-state index contributed by atoms with van der Waals surface area (Å²) < 4.78 is 0. The summed E-state index contributed by atoms with van der Waals surface area (Å²) in [4.78, 5) is 21.8. The van der Waals surface area contributed by atoms with Crippen LogP contribution in [0.5, 0.6) is 0 Å². The minimum Gasteiger partial charge on any atom is -0.371 e. The molecule has 1 amide bonds. The van der Waals surface area contributed by atoms with Gasteiger partial charge in [0, 0.05) is 55.1 Å². The van der Waals surface area contributed by atoms with Crippen LogP contribution in [0, 0.1) is 24.2 Å². The lowest BCUT2D eigenvalue weighted by molar-refractivity contribution is -0.158. The van der Waals surface area contributed by atoms with Gasteiger partial charge in [-0.2, -0.15) is 0 Å². The van der Waals surface area contributed by atoms with Gasteiger partial charge in [0.05, 0.1) is 0 Å². The van der Waals surface area contributed by atoms with E-state index in [-0.39, 0.29) is 5.92 Å². The molecule has 3 fully saturated rings. The number of hydrogen-bond donors (Lipinski definition) is 0. The van der Waals surface area contributed by atoms with Crippen molar-refractivity contribution in [2.45, 2.75) is 52.5 Å². The summed E-state index contributed by atoms with van der Waals surface area (Å²) in [5.74, 6) is 1.43. The Morgan fingerprint density at radius 1 is 1.21 bits per heavy atom. The van der Waals surface area contributed by atoms with E-state index in [0.717, 1.165) is 38.4 Å². The van der Waals surface area contributed by atoms with Crippen molar-refractivity contribution in [3.05, 3.63) is 24.0 Å². The number of amides is 1. The van der Waals surface area contributed by atoms with Crippen LogP contribution < -0.4 is 4.90 Å². The third-order valence-corrected chi connectivity index (χ3v) is 6.24. The maximum atomic E-state index is 13.0. The highest BCUT2D eigenvalue weighted by Gasteiger charge is 2.55. The Morgan fingerprint density at radius 3 is 2.50 bits per heavy atom. The summed E-state index contributed by atoms with van der Waals surface area (Å²) in [7, 11) is 0. The highest BCUT2D eigenvalue weighted by molar-refractivity contribution is 5.81. The van der Waals surface area contributed by atoms with E-state index in [9.17, 15) is 4.79 Å². The van der Waals surface area contributed by atoms with Gasteiger partial charge in [-0.3, -0.25) is 9.78 Å². The summed E-state index contributed by atoms with van der Waals surface area (Å²) in [6.07, 6.45) is 8.38. The van der Waals surface area contributed by atoms with E-state index < -0.39 is 0 Å². The molecule has 1 unspecified atom stereocenters. The molecule has 0 bridgehead atoms. The van der Waals surface area contributed by atoms with Crippen LogP contribution in [0.25, 0.3) is 0 Å². The van der Waals surface area contributed by atoms with Crippen molar-refractivity contribution < 1.29 is 4.79 Å². The Hall–Kier alpha value is -1.58. The van der Waals surface area contributed by atoms with E-state index in [1.807, 2.05) is 12.4 Å². The number of hydrogen-bond acceptors (Lipinski definition) is 3. The van der Waals surface area contributed by atoms with Crippen molar-refractivity contribution in [3.63, 3.8) is 0 Å². The van der Waals surface area contributed by atoms with Crippen LogP contribution in [-0.2, 0) is 4.79 Å². The van der Waals surface area contributed by atoms with Crippen LogP contribution in [0.3, 0.4) is 0 Å². The van der Waals surface area contributed by atoms with Gasteiger partial charge in [-0.05, 0) is 50.2 Å². The zero-order valence-electron chi connectivity index (χ0n) is 15.2. The first-order valence-corrected chi connectivity index (χ1v) is 9.43. The number of aromatic nitrogens is 1. The van der Waals surface area contributed by atoms with Crippen molar-refractivity contribution >= 4 is 11.6 Å². The first-order valence-electron chi connectivity index (χ1n) is 9.43. The second kappa shape index (κ2) is 5.75. The van der Waals surface area contributed by atoms with Crippen LogP contribution >= 0.6 is 0 Å². The predicted molar refractivity (Wildman–Crippen MR) is 95.9 cm³/mol. The third kappa shape index (κ3) is 2.70. The van der Waals surface area contributed by atoms with Gasteiger partial charge in [0.25, 0.3) is 0 Å². The van der Waals surface area contributed by atoms with Gasteiger partial charge in [-0.1, -0.05) is 13.8 Å². The number of nitrogens with zero attached hydrogens (tertiary/aromatic N) is 3. The lowest BCUT2D eigenvalue weighted by atomic mass is 9.71. The number of carbonyl (C=O) groups is 1. The highest BCUT2D eigenvalue weighted by Crippen LogP contribution is 2.50. The summed E-state index contributed by atoms with van der Waals surface area (Å²) in [5.41, 5.74) is 2.82. The van der Waals surface area contributed by atoms with E-state index in [1.165, 1.54) is 24.1 Å². The molecule has 24 heavy (non-hydrogen) atoms. The molecule has 1 aromatic heterocycles. The second-order valence-corrected chi connectivity index (χ2v) is 8.66. The maximum Gasteiger partial charge on any atom is 0.226 e. The molecule has 2 aliphatic heterocycles. The number of rotatable bonds is 3. The average Bonchev–Trinajstić information content (AvgIpc) is 3.37. The van der Waals surface area contributed by atoms with Gasteiger partial charge in [0.1, 0.15) is 0 Å². The molecular formula is C20H29N3O. The number of carbonyl (C=O) groups excluding carboxylic acids is 1. The molecule has 1 aliphatic carbocycles. The molecule has 4 heteroatoms. The Bertz CT molecular complexity index is 630.